The molecule has 1 aromatic heterocycles. The van der Waals surface area contributed by atoms with Crippen LogP contribution in [0.15, 0.2) is 46.9 Å². The van der Waals surface area contributed by atoms with Crippen LogP contribution in [0.5, 0.6) is 0 Å². The molecule has 3 aromatic rings. The van der Waals surface area contributed by atoms with E-state index in [1.165, 1.54) is 0 Å². The number of aromatic nitrogens is 2. The van der Waals surface area contributed by atoms with Crippen LogP contribution in [-0.2, 0) is 6.42 Å². The quantitative estimate of drug-likeness (QED) is 0.483. The summed E-state index contributed by atoms with van der Waals surface area (Å²) in [5, 5.41) is 5.49. The van der Waals surface area contributed by atoms with E-state index >= 15 is 0 Å². The van der Waals surface area contributed by atoms with Crippen molar-refractivity contribution in [1.29, 1.82) is 0 Å². The van der Waals surface area contributed by atoms with Crippen LogP contribution in [0.4, 0.5) is 0 Å². The molecule has 3 rings (SSSR count). The van der Waals surface area contributed by atoms with Gasteiger partial charge in [-0.2, -0.15) is 5.10 Å². The molecule has 0 radical (unpaired) electrons. The predicted molar refractivity (Wildman–Crippen MR) is 101 cm³/mol. The van der Waals surface area contributed by atoms with Gasteiger partial charge in [0.25, 0.3) is 0 Å². The SMILES string of the molecule is CCc1c(C=O)nn(-c2ccc(Cl)cc2Cl)c1-c1ccc(Br)cc1. The maximum atomic E-state index is 11.5. The molecule has 24 heavy (non-hydrogen) atoms. The lowest BCUT2D eigenvalue weighted by Gasteiger charge is -2.11. The average Bonchev–Trinajstić information content (AvgIpc) is 2.94. The summed E-state index contributed by atoms with van der Waals surface area (Å²) in [6.45, 7) is 2.00. The highest BCUT2D eigenvalue weighted by Crippen LogP contribution is 2.33. The van der Waals surface area contributed by atoms with Gasteiger partial charge < -0.3 is 0 Å². The van der Waals surface area contributed by atoms with E-state index < -0.39 is 0 Å². The number of benzene rings is 2. The maximum absolute atomic E-state index is 11.5. The van der Waals surface area contributed by atoms with E-state index in [0.717, 1.165) is 27.6 Å². The van der Waals surface area contributed by atoms with Gasteiger partial charge >= 0.3 is 0 Å². The summed E-state index contributed by atoms with van der Waals surface area (Å²) in [5.74, 6) is 0. The summed E-state index contributed by atoms with van der Waals surface area (Å²) in [5.41, 5.74) is 3.81. The Kier molecular flexibility index (Phi) is 5.09. The largest absolute Gasteiger partial charge is 0.296 e. The van der Waals surface area contributed by atoms with Gasteiger partial charge in [0, 0.05) is 20.6 Å². The van der Waals surface area contributed by atoms with Crippen LogP contribution in [0, 0.1) is 0 Å². The second-order valence-corrected chi connectivity index (χ2v) is 6.96. The molecule has 0 saturated carbocycles. The molecule has 0 atom stereocenters. The van der Waals surface area contributed by atoms with Gasteiger partial charge in [0.2, 0.25) is 0 Å². The fourth-order valence-electron chi connectivity index (χ4n) is 2.64. The number of hydrogen-bond acceptors (Lipinski definition) is 2. The number of carbonyl (C=O) groups is 1. The van der Waals surface area contributed by atoms with Crippen LogP contribution >= 0.6 is 39.1 Å². The van der Waals surface area contributed by atoms with Gasteiger partial charge in [-0.1, -0.05) is 58.2 Å². The summed E-state index contributed by atoms with van der Waals surface area (Å²) in [4.78, 5) is 11.5. The minimum Gasteiger partial charge on any atom is -0.296 e. The molecule has 0 aliphatic rings. The van der Waals surface area contributed by atoms with Crippen molar-refractivity contribution < 1.29 is 4.79 Å². The van der Waals surface area contributed by atoms with Crippen molar-refractivity contribution in [2.75, 3.05) is 0 Å². The Hall–Kier alpha value is -1.62. The standard InChI is InChI=1S/C18H13BrCl2N2O/c1-2-14-16(10-24)22-23(17-8-7-13(20)9-15(17)21)18(14)11-3-5-12(19)6-4-11/h3-10H,2H2,1H3. The summed E-state index contributed by atoms with van der Waals surface area (Å²) in [7, 11) is 0. The van der Waals surface area contributed by atoms with Crippen molar-refractivity contribution >= 4 is 45.4 Å². The molecule has 0 aliphatic carbocycles. The second-order valence-electron chi connectivity index (χ2n) is 5.20. The van der Waals surface area contributed by atoms with Gasteiger partial charge in [-0.3, -0.25) is 4.79 Å². The lowest BCUT2D eigenvalue weighted by molar-refractivity contribution is 0.111. The van der Waals surface area contributed by atoms with E-state index in [0.29, 0.717) is 27.8 Å². The van der Waals surface area contributed by atoms with Gasteiger partial charge in [0.05, 0.1) is 16.4 Å². The number of rotatable bonds is 4. The van der Waals surface area contributed by atoms with Crippen LogP contribution in [0.1, 0.15) is 23.0 Å². The molecule has 0 aliphatic heterocycles. The second kappa shape index (κ2) is 7.09. The molecule has 0 spiro atoms. The van der Waals surface area contributed by atoms with Crippen molar-refractivity contribution in [1.82, 2.24) is 9.78 Å². The molecule has 0 saturated heterocycles. The van der Waals surface area contributed by atoms with Gasteiger partial charge in [-0.05, 0) is 36.8 Å². The van der Waals surface area contributed by atoms with Crippen molar-refractivity contribution in [2.24, 2.45) is 0 Å². The van der Waals surface area contributed by atoms with Crippen molar-refractivity contribution in [3.8, 4) is 16.9 Å². The van der Waals surface area contributed by atoms with E-state index in [1.807, 2.05) is 31.2 Å². The first-order chi connectivity index (χ1) is 11.5. The maximum Gasteiger partial charge on any atom is 0.170 e. The zero-order chi connectivity index (χ0) is 17.3. The van der Waals surface area contributed by atoms with Crippen molar-refractivity contribution in [2.45, 2.75) is 13.3 Å². The fourth-order valence-corrected chi connectivity index (χ4v) is 3.40. The minimum atomic E-state index is 0.418. The number of nitrogens with zero attached hydrogens (tertiary/aromatic N) is 2. The molecular formula is C18H13BrCl2N2O. The van der Waals surface area contributed by atoms with E-state index in [-0.39, 0.29) is 0 Å². The number of carbonyl (C=O) groups excluding carboxylic acids is 1. The molecule has 6 heteroatoms. The van der Waals surface area contributed by atoms with Crippen LogP contribution in [0.2, 0.25) is 10.0 Å². The lowest BCUT2D eigenvalue weighted by Crippen LogP contribution is -2.01. The van der Waals surface area contributed by atoms with Crippen molar-refractivity contribution in [3.63, 3.8) is 0 Å². The molecule has 0 unspecified atom stereocenters. The average molecular weight is 424 g/mol. The third-order valence-corrected chi connectivity index (χ3v) is 4.80. The first-order valence-electron chi connectivity index (χ1n) is 7.33. The molecule has 0 fully saturated rings. The van der Waals surface area contributed by atoms with Gasteiger partial charge in [-0.25, -0.2) is 4.68 Å². The third-order valence-electron chi connectivity index (χ3n) is 3.74. The zero-order valence-corrected chi connectivity index (χ0v) is 15.9. The molecular weight excluding hydrogens is 411 g/mol. The first kappa shape index (κ1) is 17.2. The van der Waals surface area contributed by atoms with Crippen LogP contribution in [0.25, 0.3) is 16.9 Å². The first-order valence-corrected chi connectivity index (χ1v) is 8.88. The molecule has 0 N–H and O–H groups in total. The van der Waals surface area contributed by atoms with Crippen LogP contribution in [0.3, 0.4) is 0 Å². The fraction of sp³-hybridized carbons (Fsp3) is 0.111. The highest BCUT2D eigenvalue weighted by molar-refractivity contribution is 9.10. The monoisotopic (exact) mass is 422 g/mol. The Labute approximate surface area is 158 Å². The summed E-state index contributed by atoms with van der Waals surface area (Å²) in [6.07, 6.45) is 1.46. The van der Waals surface area contributed by atoms with Crippen LogP contribution in [-0.4, -0.2) is 16.1 Å². The predicted octanol–water partition coefficient (Wildman–Crippen LogP) is 5.98. The summed E-state index contributed by atoms with van der Waals surface area (Å²) in [6, 6.07) is 13.1. The lowest BCUT2D eigenvalue weighted by atomic mass is 10.0. The zero-order valence-electron chi connectivity index (χ0n) is 12.8. The Morgan fingerprint density at radius 3 is 2.46 bits per heavy atom. The van der Waals surface area contributed by atoms with E-state index in [9.17, 15) is 4.79 Å². The molecule has 122 valence electrons. The minimum absolute atomic E-state index is 0.418. The Bertz CT molecular complexity index is 904. The van der Waals surface area contributed by atoms with E-state index in [2.05, 4.69) is 21.0 Å². The number of aldehydes is 1. The number of halogens is 3. The Balaban J connectivity index is 2.31. The third kappa shape index (κ3) is 3.14. The molecule has 0 amide bonds. The molecule has 1 heterocycles. The van der Waals surface area contributed by atoms with Crippen molar-refractivity contribution in [3.05, 3.63) is 68.2 Å². The Morgan fingerprint density at radius 2 is 1.88 bits per heavy atom. The van der Waals surface area contributed by atoms with Crippen LogP contribution < -0.4 is 0 Å². The summed E-state index contributed by atoms with van der Waals surface area (Å²) < 4.78 is 2.69. The summed E-state index contributed by atoms with van der Waals surface area (Å²) >= 11 is 15.8. The molecule has 3 nitrogen and oxygen atoms in total. The normalized spacial score (nSPS) is 10.8. The van der Waals surface area contributed by atoms with E-state index in [1.54, 1.807) is 22.9 Å². The number of hydrogen-bond donors (Lipinski definition) is 0. The molecule has 2 aromatic carbocycles. The highest BCUT2D eigenvalue weighted by atomic mass is 79.9. The van der Waals surface area contributed by atoms with Gasteiger partial charge in [-0.15, -0.1) is 0 Å². The molecule has 0 bridgehead atoms. The van der Waals surface area contributed by atoms with E-state index in [4.69, 9.17) is 23.2 Å². The van der Waals surface area contributed by atoms with Gasteiger partial charge in [0.1, 0.15) is 5.69 Å². The Morgan fingerprint density at radius 1 is 1.17 bits per heavy atom. The highest BCUT2D eigenvalue weighted by Gasteiger charge is 2.20. The smallest absolute Gasteiger partial charge is 0.170 e. The van der Waals surface area contributed by atoms with Gasteiger partial charge in [0.15, 0.2) is 6.29 Å². The topological polar surface area (TPSA) is 34.9 Å².